The number of methoxy groups -OCH3 is 1. The van der Waals surface area contributed by atoms with Crippen LogP contribution in [-0.4, -0.2) is 34.8 Å². The van der Waals surface area contributed by atoms with Crippen LogP contribution in [0.4, 0.5) is 18.9 Å². The first-order valence-electron chi connectivity index (χ1n) is 11.9. The Morgan fingerprint density at radius 2 is 1.93 bits per heavy atom. The number of benzene rings is 2. The molecule has 1 amide bonds. The molecule has 2 heterocycles. The van der Waals surface area contributed by atoms with Gasteiger partial charge in [0.25, 0.3) is 5.91 Å². The molecule has 0 unspecified atom stereocenters. The van der Waals surface area contributed by atoms with Gasteiger partial charge >= 0.3 is 11.9 Å². The third-order valence-electron chi connectivity index (χ3n) is 5.78. The number of anilines is 1. The minimum atomic E-state index is -4.78. The van der Waals surface area contributed by atoms with Crippen molar-refractivity contribution < 1.29 is 31.9 Å². The van der Waals surface area contributed by atoms with Gasteiger partial charge in [0.2, 0.25) is 5.89 Å². The van der Waals surface area contributed by atoms with Gasteiger partial charge in [0.15, 0.2) is 0 Å². The summed E-state index contributed by atoms with van der Waals surface area (Å²) in [6.07, 6.45) is -3.82. The van der Waals surface area contributed by atoms with Gasteiger partial charge in [-0.05, 0) is 35.9 Å². The van der Waals surface area contributed by atoms with Crippen molar-refractivity contribution in [2.45, 2.75) is 19.2 Å². The maximum atomic E-state index is 13.6. The SMILES string of the molecule is COCc1cc(Cl)c(-c2cnc(C(F)(F)F)cc2C#N)cc1C(=O)Nc1c(C#N)cccc1OCCc1n[nH]c(=O)o1. The number of aromatic nitrogens is 3. The standard InChI is InChI=1S/C27H18ClF3N6O5/c1-40-13-16-7-20(28)18(19-12-34-22(27(29,30)31)8-15(19)11-33)9-17(16)25(38)35-24-14(10-32)3-2-4-21(24)41-6-5-23-36-37-26(39)42-23/h2-4,7-9,12H,5-6,13H2,1H3,(H,35,38)(H,37,39). The lowest BCUT2D eigenvalue weighted by Gasteiger charge is -2.17. The number of rotatable bonds is 9. The van der Waals surface area contributed by atoms with E-state index in [4.69, 9.17) is 25.5 Å². The summed E-state index contributed by atoms with van der Waals surface area (Å²) >= 11 is 6.43. The highest BCUT2D eigenvalue weighted by molar-refractivity contribution is 6.33. The lowest BCUT2D eigenvalue weighted by Crippen LogP contribution is -2.17. The first kappa shape index (κ1) is 29.8. The first-order valence-corrected chi connectivity index (χ1v) is 12.2. The zero-order chi connectivity index (χ0) is 30.4. The summed E-state index contributed by atoms with van der Waals surface area (Å²) < 4.78 is 55.3. The predicted molar refractivity (Wildman–Crippen MR) is 141 cm³/mol. The Morgan fingerprint density at radius 1 is 1.17 bits per heavy atom. The van der Waals surface area contributed by atoms with E-state index in [-0.39, 0.29) is 69.8 Å². The van der Waals surface area contributed by atoms with Crippen LogP contribution in [0.3, 0.4) is 0 Å². The van der Waals surface area contributed by atoms with Crippen molar-refractivity contribution in [1.29, 1.82) is 10.5 Å². The van der Waals surface area contributed by atoms with E-state index >= 15 is 0 Å². The normalized spacial score (nSPS) is 11.0. The number of nitriles is 2. The number of aromatic amines is 1. The van der Waals surface area contributed by atoms with E-state index in [2.05, 4.69) is 20.5 Å². The second-order valence-electron chi connectivity index (χ2n) is 8.50. The fourth-order valence-electron chi connectivity index (χ4n) is 3.89. The third-order valence-corrected chi connectivity index (χ3v) is 6.10. The number of halogens is 4. The number of nitrogens with zero attached hydrogens (tertiary/aromatic N) is 4. The number of H-pyrrole nitrogens is 1. The van der Waals surface area contributed by atoms with Crippen LogP contribution in [-0.2, 0) is 23.9 Å². The Bertz CT molecular complexity index is 1790. The van der Waals surface area contributed by atoms with Gasteiger partial charge in [-0.25, -0.2) is 9.89 Å². The molecule has 0 aliphatic carbocycles. The van der Waals surface area contributed by atoms with Gasteiger partial charge in [-0.3, -0.25) is 9.78 Å². The van der Waals surface area contributed by atoms with Gasteiger partial charge in [0, 0.05) is 35.0 Å². The molecule has 2 aromatic carbocycles. The number of carbonyl (C=O) groups is 1. The Labute approximate surface area is 240 Å². The molecule has 4 aromatic rings. The third kappa shape index (κ3) is 6.58. The molecule has 0 bridgehead atoms. The number of alkyl halides is 3. The summed E-state index contributed by atoms with van der Waals surface area (Å²) in [7, 11) is 1.38. The van der Waals surface area contributed by atoms with Crippen molar-refractivity contribution in [3.05, 3.63) is 92.0 Å². The summed E-state index contributed by atoms with van der Waals surface area (Å²) in [5.41, 5.74) is -1.17. The number of nitrogens with one attached hydrogen (secondary N) is 2. The molecule has 2 N–H and O–H groups in total. The molecule has 2 aromatic heterocycles. The number of hydrogen-bond acceptors (Lipinski definition) is 9. The molecular formula is C27H18ClF3N6O5. The molecule has 11 nitrogen and oxygen atoms in total. The van der Waals surface area contributed by atoms with Crippen LogP contribution in [0.15, 0.2) is 51.8 Å². The summed E-state index contributed by atoms with van der Waals surface area (Å²) in [6, 6.07) is 11.5. The molecule has 214 valence electrons. The van der Waals surface area contributed by atoms with Crippen molar-refractivity contribution in [3.63, 3.8) is 0 Å². The van der Waals surface area contributed by atoms with Crippen molar-refractivity contribution in [1.82, 2.24) is 15.2 Å². The van der Waals surface area contributed by atoms with E-state index in [9.17, 15) is 33.3 Å². The quantitative estimate of drug-likeness (QED) is 0.273. The predicted octanol–water partition coefficient (Wildman–Crippen LogP) is 4.86. The molecule has 42 heavy (non-hydrogen) atoms. The minimum Gasteiger partial charge on any atom is -0.491 e. The van der Waals surface area contributed by atoms with Crippen LogP contribution >= 0.6 is 11.6 Å². The Kier molecular flexibility index (Phi) is 8.90. The van der Waals surface area contributed by atoms with E-state index in [1.54, 1.807) is 6.07 Å². The molecule has 0 spiro atoms. The number of ether oxygens (including phenoxy) is 2. The Balaban J connectivity index is 1.71. The van der Waals surface area contributed by atoms with E-state index < -0.39 is 23.5 Å². The van der Waals surface area contributed by atoms with Crippen molar-refractivity contribution in [2.24, 2.45) is 0 Å². The monoisotopic (exact) mass is 598 g/mol. The van der Waals surface area contributed by atoms with Crippen LogP contribution in [0.25, 0.3) is 11.1 Å². The number of para-hydroxylation sites is 1. The Morgan fingerprint density at radius 3 is 2.57 bits per heavy atom. The fourth-order valence-corrected chi connectivity index (χ4v) is 4.18. The van der Waals surface area contributed by atoms with Crippen molar-refractivity contribution in [3.8, 4) is 29.0 Å². The fraction of sp³-hybridized carbons (Fsp3) is 0.185. The highest BCUT2D eigenvalue weighted by atomic mass is 35.5. The van der Waals surface area contributed by atoms with E-state index in [1.165, 1.54) is 37.4 Å². The molecule has 4 rings (SSSR count). The molecule has 15 heteroatoms. The topological polar surface area (TPSA) is 167 Å². The second-order valence-corrected chi connectivity index (χ2v) is 8.90. The van der Waals surface area contributed by atoms with E-state index in [1.807, 2.05) is 6.07 Å². The molecule has 0 atom stereocenters. The summed E-state index contributed by atoms with van der Waals surface area (Å²) in [4.78, 5) is 28.1. The lowest BCUT2D eigenvalue weighted by atomic mass is 9.96. The van der Waals surface area contributed by atoms with Crippen LogP contribution < -0.4 is 15.8 Å². The van der Waals surface area contributed by atoms with Crippen LogP contribution in [0, 0.1) is 22.7 Å². The lowest BCUT2D eigenvalue weighted by molar-refractivity contribution is -0.141. The first-order chi connectivity index (χ1) is 20.0. The van der Waals surface area contributed by atoms with Crippen molar-refractivity contribution >= 4 is 23.2 Å². The maximum absolute atomic E-state index is 13.6. The van der Waals surface area contributed by atoms with E-state index in [0.717, 1.165) is 6.20 Å². The van der Waals surface area contributed by atoms with E-state index in [0.29, 0.717) is 11.6 Å². The molecule has 0 aliphatic heterocycles. The summed E-state index contributed by atoms with van der Waals surface area (Å²) in [5.74, 6) is -1.24. The minimum absolute atomic E-state index is 0.00275. The Hall–Kier alpha value is -5.18. The highest BCUT2D eigenvalue weighted by Crippen LogP contribution is 2.36. The van der Waals surface area contributed by atoms with Gasteiger partial charge in [-0.1, -0.05) is 17.7 Å². The van der Waals surface area contributed by atoms with Crippen LogP contribution in [0.1, 0.15) is 38.6 Å². The van der Waals surface area contributed by atoms with Crippen LogP contribution in [0.5, 0.6) is 5.75 Å². The summed E-state index contributed by atoms with van der Waals surface area (Å²) in [6.45, 7) is -0.0966. The van der Waals surface area contributed by atoms with Gasteiger partial charge < -0.3 is 19.2 Å². The molecular weight excluding hydrogens is 581 g/mol. The van der Waals surface area contributed by atoms with Gasteiger partial charge in [0.05, 0.1) is 36.8 Å². The summed E-state index contributed by atoms with van der Waals surface area (Å²) in [5, 5.41) is 27.7. The number of carbonyl (C=O) groups excluding carboxylic acids is 1. The molecule has 0 aliphatic rings. The number of amides is 1. The second kappa shape index (κ2) is 12.6. The average Bonchev–Trinajstić information content (AvgIpc) is 3.37. The smallest absolute Gasteiger partial charge is 0.434 e. The molecule has 0 radical (unpaired) electrons. The molecule has 0 fully saturated rings. The maximum Gasteiger partial charge on any atom is 0.434 e. The zero-order valence-electron chi connectivity index (χ0n) is 21.5. The van der Waals surface area contributed by atoms with Gasteiger partial charge in [-0.2, -0.15) is 23.7 Å². The zero-order valence-corrected chi connectivity index (χ0v) is 22.3. The largest absolute Gasteiger partial charge is 0.491 e. The average molecular weight is 599 g/mol. The molecule has 0 saturated heterocycles. The number of hydrogen-bond donors (Lipinski definition) is 2. The van der Waals surface area contributed by atoms with Gasteiger partial charge in [0.1, 0.15) is 23.2 Å². The van der Waals surface area contributed by atoms with Crippen LogP contribution in [0.2, 0.25) is 5.02 Å². The highest BCUT2D eigenvalue weighted by Gasteiger charge is 2.33. The van der Waals surface area contributed by atoms with Crippen molar-refractivity contribution in [2.75, 3.05) is 19.0 Å². The molecule has 0 saturated carbocycles. The number of pyridine rings is 1. The van der Waals surface area contributed by atoms with Gasteiger partial charge in [-0.15, -0.1) is 5.10 Å².